The molecule has 2 aromatic rings. The van der Waals surface area contributed by atoms with Gasteiger partial charge in [-0.2, -0.15) is 0 Å². The molecule has 0 bridgehead atoms. The van der Waals surface area contributed by atoms with Crippen LogP contribution >= 0.6 is 23.2 Å². The normalized spacial score (nSPS) is 22.3. The lowest BCUT2D eigenvalue weighted by Gasteiger charge is -2.25. The molecule has 22 heavy (non-hydrogen) atoms. The zero-order valence-electron chi connectivity index (χ0n) is 11.1. The Morgan fingerprint density at radius 3 is 2.50 bits per heavy atom. The lowest BCUT2D eigenvalue weighted by Crippen LogP contribution is -2.35. The molecule has 2 atom stereocenters. The Kier molecular flexibility index (Phi) is 3.10. The summed E-state index contributed by atoms with van der Waals surface area (Å²) in [5.74, 6) is -0.598. The van der Waals surface area contributed by atoms with Crippen molar-refractivity contribution in [2.45, 2.75) is 6.10 Å². The maximum absolute atomic E-state index is 12.4. The summed E-state index contributed by atoms with van der Waals surface area (Å²) in [7, 11) is 0. The van der Waals surface area contributed by atoms with Crippen LogP contribution in [0.4, 0.5) is 0 Å². The highest BCUT2D eigenvalue weighted by Crippen LogP contribution is 2.45. The molecule has 6 heteroatoms. The highest BCUT2D eigenvalue weighted by molar-refractivity contribution is 6.41. The molecular formula is C16H9Cl2NO3. The summed E-state index contributed by atoms with van der Waals surface area (Å²) < 4.78 is 5.39. The van der Waals surface area contributed by atoms with Crippen molar-refractivity contribution < 1.29 is 14.4 Å². The van der Waals surface area contributed by atoms with Gasteiger partial charge in [-0.3, -0.25) is 4.79 Å². The fourth-order valence-electron chi connectivity index (χ4n) is 2.77. The molecule has 0 aromatic heterocycles. The van der Waals surface area contributed by atoms with Gasteiger partial charge < -0.3 is 9.57 Å². The number of para-hydroxylation sites is 1. The number of ether oxygens (including phenoxy) is 1. The molecule has 2 aliphatic heterocycles. The molecule has 0 radical (unpaired) electrons. The van der Waals surface area contributed by atoms with Crippen LogP contribution in [0.2, 0.25) is 10.0 Å². The van der Waals surface area contributed by atoms with E-state index in [1.807, 2.05) is 12.1 Å². The van der Waals surface area contributed by atoms with Crippen LogP contribution in [0.1, 0.15) is 17.2 Å². The Balaban J connectivity index is 1.82. The summed E-state index contributed by atoms with van der Waals surface area (Å²) in [5.41, 5.74) is 1.70. The second-order valence-electron chi connectivity index (χ2n) is 5.04. The van der Waals surface area contributed by atoms with Crippen LogP contribution in [0.3, 0.4) is 0 Å². The fourth-order valence-corrected chi connectivity index (χ4v) is 3.36. The number of hydrogen-bond donors (Lipinski definition) is 0. The Labute approximate surface area is 136 Å². The molecule has 4 rings (SSSR count). The lowest BCUT2D eigenvalue weighted by atomic mass is 9.86. The van der Waals surface area contributed by atoms with E-state index in [0.717, 1.165) is 5.56 Å². The van der Waals surface area contributed by atoms with Crippen LogP contribution in [-0.4, -0.2) is 11.7 Å². The largest absolute Gasteiger partial charge is 0.425 e. The number of nitrogens with zero attached hydrogens (tertiary/aromatic N) is 1. The van der Waals surface area contributed by atoms with E-state index in [9.17, 15) is 4.79 Å². The molecular weight excluding hydrogens is 325 g/mol. The van der Waals surface area contributed by atoms with Gasteiger partial charge in [0.25, 0.3) is 0 Å². The van der Waals surface area contributed by atoms with Gasteiger partial charge in [-0.15, -0.1) is 0 Å². The van der Waals surface area contributed by atoms with Gasteiger partial charge in [-0.1, -0.05) is 52.6 Å². The first kappa shape index (κ1) is 13.6. The van der Waals surface area contributed by atoms with Crippen LogP contribution in [0.5, 0.6) is 5.75 Å². The minimum atomic E-state index is -0.674. The number of esters is 1. The van der Waals surface area contributed by atoms with E-state index in [-0.39, 0.29) is 0 Å². The molecule has 0 saturated carbocycles. The third-order valence-corrected chi connectivity index (χ3v) is 4.40. The first-order valence-electron chi connectivity index (χ1n) is 6.65. The second kappa shape index (κ2) is 5.00. The number of carbonyl (C=O) groups is 1. The van der Waals surface area contributed by atoms with E-state index in [1.165, 1.54) is 0 Å². The Morgan fingerprint density at radius 2 is 1.73 bits per heavy atom. The van der Waals surface area contributed by atoms with Gasteiger partial charge in [0.15, 0.2) is 6.10 Å². The van der Waals surface area contributed by atoms with Crippen molar-refractivity contribution in [1.29, 1.82) is 0 Å². The van der Waals surface area contributed by atoms with E-state index >= 15 is 0 Å². The van der Waals surface area contributed by atoms with Crippen molar-refractivity contribution >= 4 is 34.9 Å². The Hall–Kier alpha value is -2.04. The standard InChI is InChI=1S/C16H9Cl2NO3/c17-9-5-3-6-10(18)12(9)14-13-15(22-19-14)8-4-1-2-7-11(8)21-16(13)20/h1-7,13,15H/t13-,15+/m1/s1. The molecule has 0 N–H and O–H groups in total. The third-order valence-electron chi connectivity index (χ3n) is 3.77. The summed E-state index contributed by atoms with van der Waals surface area (Å²) >= 11 is 12.4. The fraction of sp³-hybridized carbons (Fsp3) is 0.125. The summed E-state index contributed by atoms with van der Waals surface area (Å²) in [5, 5.41) is 4.91. The van der Waals surface area contributed by atoms with Gasteiger partial charge in [0.1, 0.15) is 17.4 Å². The van der Waals surface area contributed by atoms with Crippen LogP contribution in [0.25, 0.3) is 0 Å². The van der Waals surface area contributed by atoms with E-state index in [1.54, 1.807) is 30.3 Å². The number of oxime groups is 1. The summed E-state index contributed by atoms with van der Waals surface area (Å²) in [6, 6.07) is 12.4. The van der Waals surface area contributed by atoms with Crippen LogP contribution < -0.4 is 4.74 Å². The average molecular weight is 334 g/mol. The zero-order chi connectivity index (χ0) is 15.3. The van der Waals surface area contributed by atoms with Crippen molar-refractivity contribution in [1.82, 2.24) is 0 Å². The summed E-state index contributed by atoms with van der Waals surface area (Å²) in [6.07, 6.45) is -0.514. The topological polar surface area (TPSA) is 47.9 Å². The summed E-state index contributed by atoms with van der Waals surface area (Å²) in [6.45, 7) is 0. The van der Waals surface area contributed by atoms with Gasteiger partial charge in [0, 0.05) is 11.1 Å². The summed E-state index contributed by atoms with van der Waals surface area (Å²) in [4.78, 5) is 17.9. The van der Waals surface area contributed by atoms with Crippen molar-refractivity contribution in [2.75, 3.05) is 0 Å². The molecule has 2 heterocycles. The Morgan fingerprint density at radius 1 is 1.00 bits per heavy atom. The minimum Gasteiger partial charge on any atom is -0.425 e. The molecule has 110 valence electrons. The van der Waals surface area contributed by atoms with E-state index in [4.69, 9.17) is 32.8 Å². The van der Waals surface area contributed by atoms with Gasteiger partial charge >= 0.3 is 5.97 Å². The maximum atomic E-state index is 12.4. The smallest absolute Gasteiger partial charge is 0.324 e. The van der Waals surface area contributed by atoms with Crippen LogP contribution in [-0.2, 0) is 9.63 Å². The quantitative estimate of drug-likeness (QED) is 0.585. The highest BCUT2D eigenvalue weighted by atomic mass is 35.5. The molecule has 0 saturated heterocycles. The minimum absolute atomic E-state index is 0.403. The van der Waals surface area contributed by atoms with Gasteiger partial charge in [-0.05, 0) is 18.2 Å². The second-order valence-corrected chi connectivity index (χ2v) is 5.85. The van der Waals surface area contributed by atoms with Gasteiger partial charge in [-0.25, -0.2) is 0 Å². The third kappa shape index (κ3) is 1.91. The van der Waals surface area contributed by atoms with Crippen molar-refractivity contribution in [3.05, 3.63) is 63.6 Å². The molecule has 0 spiro atoms. The molecule has 4 nitrogen and oxygen atoms in total. The number of hydrogen-bond acceptors (Lipinski definition) is 4. The van der Waals surface area contributed by atoms with Crippen LogP contribution in [0, 0.1) is 5.92 Å². The number of fused-ring (bicyclic) bond motifs is 3. The van der Waals surface area contributed by atoms with Gasteiger partial charge in [0.05, 0.1) is 10.0 Å². The monoisotopic (exact) mass is 333 g/mol. The van der Waals surface area contributed by atoms with Crippen LogP contribution in [0.15, 0.2) is 47.6 Å². The highest BCUT2D eigenvalue weighted by Gasteiger charge is 2.48. The average Bonchev–Trinajstić information content (AvgIpc) is 2.93. The van der Waals surface area contributed by atoms with Crippen molar-refractivity contribution in [3.8, 4) is 5.75 Å². The van der Waals surface area contributed by atoms with Crippen molar-refractivity contribution in [2.24, 2.45) is 11.1 Å². The Bertz CT molecular complexity index is 799. The first-order valence-corrected chi connectivity index (χ1v) is 7.41. The molecule has 2 aliphatic rings. The van der Waals surface area contributed by atoms with Crippen molar-refractivity contribution in [3.63, 3.8) is 0 Å². The maximum Gasteiger partial charge on any atom is 0.324 e. The molecule has 2 aromatic carbocycles. The number of halogens is 2. The molecule has 0 fully saturated rings. The number of carbonyl (C=O) groups excluding carboxylic acids is 1. The molecule has 0 aliphatic carbocycles. The first-order chi connectivity index (χ1) is 10.7. The molecule has 0 amide bonds. The predicted molar refractivity (Wildman–Crippen MR) is 82.4 cm³/mol. The number of benzene rings is 2. The van der Waals surface area contributed by atoms with E-state index < -0.39 is 18.0 Å². The van der Waals surface area contributed by atoms with E-state index in [2.05, 4.69) is 5.16 Å². The SMILES string of the molecule is O=C1Oc2ccccc2[C@@H]2ON=C(c3c(Cl)cccc3Cl)[C@@H]12. The molecule has 0 unspecified atom stereocenters. The predicted octanol–water partition coefficient (Wildman–Crippen LogP) is 4.00. The van der Waals surface area contributed by atoms with Gasteiger partial charge in [0.2, 0.25) is 0 Å². The van der Waals surface area contributed by atoms with E-state index in [0.29, 0.717) is 27.1 Å². The number of rotatable bonds is 1. The lowest BCUT2D eigenvalue weighted by molar-refractivity contribution is -0.142. The zero-order valence-corrected chi connectivity index (χ0v) is 12.6.